The first-order chi connectivity index (χ1) is 16.2. The van der Waals surface area contributed by atoms with Crippen LogP contribution in [0.4, 0.5) is 4.39 Å². The summed E-state index contributed by atoms with van der Waals surface area (Å²) in [6.45, 7) is 0.345. The third-order valence-corrected chi connectivity index (χ3v) is 5.61. The van der Waals surface area contributed by atoms with E-state index in [4.69, 9.17) is 18.9 Å². The number of alkyl halides is 1. The van der Waals surface area contributed by atoms with Gasteiger partial charge in [0.2, 0.25) is 6.36 Å². The normalized spacial score (nSPS) is 25.1. The summed E-state index contributed by atoms with van der Waals surface area (Å²) < 4.78 is 38.9. The van der Waals surface area contributed by atoms with Crippen LogP contribution in [0.15, 0.2) is 91.0 Å². The zero-order valence-corrected chi connectivity index (χ0v) is 18.3. The molecular weight excluding hydrogens is 423 g/mol. The molecule has 1 saturated heterocycles. The van der Waals surface area contributed by atoms with Gasteiger partial charge in [-0.2, -0.15) is 0 Å². The van der Waals surface area contributed by atoms with Gasteiger partial charge in [0.05, 0.1) is 26.4 Å². The van der Waals surface area contributed by atoms with Crippen LogP contribution >= 0.6 is 0 Å². The maximum atomic E-state index is 15.1. The lowest BCUT2D eigenvalue weighted by Gasteiger charge is -2.43. The molecule has 1 aliphatic rings. The van der Waals surface area contributed by atoms with Gasteiger partial charge < -0.3 is 24.1 Å². The van der Waals surface area contributed by atoms with Gasteiger partial charge in [-0.1, -0.05) is 91.0 Å². The molecule has 5 nitrogen and oxygen atoms in total. The van der Waals surface area contributed by atoms with Gasteiger partial charge in [0.1, 0.15) is 24.4 Å². The molecule has 0 aromatic heterocycles. The third kappa shape index (κ3) is 6.47. The van der Waals surface area contributed by atoms with Crippen molar-refractivity contribution in [2.45, 2.75) is 50.6 Å². The first-order valence-electron chi connectivity index (χ1n) is 11.1. The summed E-state index contributed by atoms with van der Waals surface area (Å²) in [7, 11) is 0. The van der Waals surface area contributed by atoms with E-state index in [9.17, 15) is 5.11 Å². The van der Waals surface area contributed by atoms with Crippen LogP contribution in [0.1, 0.15) is 16.7 Å². The average molecular weight is 453 g/mol. The van der Waals surface area contributed by atoms with Gasteiger partial charge in [0, 0.05) is 0 Å². The van der Waals surface area contributed by atoms with Crippen LogP contribution in [-0.4, -0.2) is 42.5 Å². The standard InChI is InChI=1S/C27H29FO5/c28-27-26(32-19-22-14-8-3-9-15-22)25(31-18-21-12-6-2-7-13-21)24(23(16-29)33-27)30-17-20-10-4-1-5-11-20/h1-15,23-27,29H,16-19H2. The van der Waals surface area contributed by atoms with Crippen molar-refractivity contribution in [2.75, 3.05) is 6.61 Å². The Kier molecular flexibility index (Phi) is 8.58. The first-order valence-corrected chi connectivity index (χ1v) is 11.1. The van der Waals surface area contributed by atoms with Crippen LogP contribution in [0.5, 0.6) is 0 Å². The molecule has 1 fully saturated rings. The van der Waals surface area contributed by atoms with E-state index in [1.54, 1.807) is 0 Å². The Labute approximate surface area is 193 Å². The molecule has 1 aliphatic heterocycles. The fourth-order valence-electron chi connectivity index (χ4n) is 3.88. The summed E-state index contributed by atoms with van der Waals surface area (Å²) in [5.41, 5.74) is 2.82. The molecule has 3 aromatic carbocycles. The molecule has 0 amide bonds. The molecule has 4 rings (SSSR count). The van der Waals surface area contributed by atoms with Crippen molar-refractivity contribution in [3.05, 3.63) is 108 Å². The smallest absolute Gasteiger partial charge is 0.228 e. The van der Waals surface area contributed by atoms with E-state index in [-0.39, 0.29) is 19.8 Å². The number of rotatable bonds is 10. The van der Waals surface area contributed by atoms with Crippen LogP contribution in [0.25, 0.3) is 0 Å². The topological polar surface area (TPSA) is 57.2 Å². The second-order valence-corrected chi connectivity index (χ2v) is 7.99. The Morgan fingerprint density at radius 3 is 1.42 bits per heavy atom. The van der Waals surface area contributed by atoms with Crippen LogP contribution in [0, 0.1) is 0 Å². The van der Waals surface area contributed by atoms with Gasteiger partial charge in [-0.25, -0.2) is 4.39 Å². The molecule has 0 aliphatic carbocycles. The molecule has 0 spiro atoms. The van der Waals surface area contributed by atoms with Gasteiger partial charge in [0.15, 0.2) is 0 Å². The summed E-state index contributed by atoms with van der Waals surface area (Å²) >= 11 is 0. The molecule has 1 heterocycles. The fourth-order valence-corrected chi connectivity index (χ4v) is 3.88. The minimum absolute atomic E-state index is 0.204. The van der Waals surface area contributed by atoms with Gasteiger partial charge in [-0.05, 0) is 16.7 Å². The minimum Gasteiger partial charge on any atom is -0.394 e. The van der Waals surface area contributed by atoms with E-state index >= 15 is 4.39 Å². The Bertz CT molecular complexity index is 941. The zero-order valence-electron chi connectivity index (χ0n) is 18.3. The molecule has 6 heteroatoms. The second-order valence-electron chi connectivity index (χ2n) is 7.99. The lowest BCUT2D eigenvalue weighted by Crippen LogP contribution is -2.59. The van der Waals surface area contributed by atoms with Crippen molar-refractivity contribution < 1.29 is 28.4 Å². The molecular formula is C27H29FO5. The van der Waals surface area contributed by atoms with Crippen molar-refractivity contribution >= 4 is 0 Å². The van der Waals surface area contributed by atoms with Gasteiger partial charge in [-0.3, -0.25) is 0 Å². The van der Waals surface area contributed by atoms with E-state index in [1.165, 1.54) is 0 Å². The number of hydrogen-bond donors (Lipinski definition) is 1. The van der Waals surface area contributed by atoms with Gasteiger partial charge >= 0.3 is 0 Å². The maximum Gasteiger partial charge on any atom is 0.228 e. The molecule has 0 saturated carbocycles. The predicted octanol–water partition coefficient (Wildman–Crippen LogP) is 4.43. The van der Waals surface area contributed by atoms with E-state index < -0.39 is 37.4 Å². The Hall–Kier alpha value is -2.61. The SMILES string of the molecule is OCC1OC(F)C(OCc2ccccc2)C(OCc2ccccc2)C1OCc1ccccc1. The van der Waals surface area contributed by atoms with Crippen LogP contribution < -0.4 is 0 Å². The zero-order chi connectivity index (χ0) is 22.9. The summed E-state index contributed by atoms with van der Waals surface area (Å²) in [5, 5.41) is 9.91. The Balaban J connectivity index is 1.53. The fraction of sp³-hybridized carbons (Fsp3) is 0.333. The van der Waals surface area contributed by atoms with Crippen molar-refractivity contribution in [1.82, 2.24) is 0 Å². The summed E-state index contributed by atoms with van der Waals surface area (Å²) in [4.78, 5) is 0. The summed E-state index contributed by atoms with van der Waals surface area (Å²) in [6, 6.07) is 28.9. The van der Waals surface area contributed by atoms with Gasteiger partial charge in [-0.15, -0.1) is 0 Å². The molecule has 0 bridgehead atoms. The predicted molar refractivity (Wildman–Crippen MR) is 122 cm³/mol. The number of benzene rings is 3. The number of halogens is 1. The van der Waals surface area contributed by atoms with Crippen molar-refractivity contribution in [3.63, 3.8) is 0 Å². The van der Waals surface area contributed by atoms with E-state index in [1.807, 2.05) is 91.0 Å². The van der Waals surface area contributed by atoms with Crippen molar-refractivity contribution in [2.24, 2.45) is 0 Å². The van der Waals surface area contributed by atoms with Crippen molar-refractivity contribution in [3.8, 4) is 0 Å². The highest BCUT2D eigenvalue weighted by molar-refractivity contribution is 5.15. The largest absolute Gasteiger partial charge is 0.394 e. The second kappa shape index (κ2) is 12.0. The highest BCUT2D eigenvalue weighted by atomic mass is 19.1. The Morgan fingerprint density at radius 2 is 1.00 bits per heavy atom. The number of hydrogen-bond acceptors (Lipinski definition) is 5. The average Bonchev–Trinajstić information content (AvgIpc) is 2.87. The monoisotopic (exact) mass is 452 g/mol. The van der Waals surface area contributed by atoms with Crippen LogP contribution in [0.2, 0.25) is 0 Å². The van der Waals surface area contributed by atoms with Gasteiger partial charge in [0.25, 0.3) is 0 Å². The molecule has 3 aromatic rings. The lowest BCUT2D eigenvalue weighted by atomic mass is 9.98. The quantitative estimate of drug-likeness (QED) is 0.493. The molecule has 0 radical (unpaired) electrons. The van der Waals surface area contributed by atoms with E-state index in [2.05, 4.69) is 0 Å². The Morgan fingerprint density at radius 1 is 0.606 bits per heavy atom. The lowest BCUT2D eigenvalue weighted by molar-refractivity contribution is -0.296. The third-order valence-electron chi connectivity index (χ3n) is 5.61. The first kappa shape index (κ1) is 23.5. The minimum atomic E-state index is -1.76. The number of ether oxygens (including phenoxy) is 4. The maximum absolute atomic E-state index is 15.1. The number of aliphatic hydroxyl groups is 1. The van der Waals surface area contributed by atoms with Crippen molar-refractivity contribution in [1.29, 1.82) is 0 Å². The molecule has 1 N–H and O–H groups in total. The molecule has 5 unspecified atom stereocenters. The van der Waals surface area contributed by atoms with Crippen LogP contribution in [-0.2, 0) is 38.8 Å². The highest BCUT2D eigenvalue weighted by Gasteiger charge is 2.48. The van der Waals surface area contributed by atoms with E-state index in [0.29, 0.717) is 0 Å². The molecule has 174 valence electrons. The van der Waals surface area contributed by atoms with Crippen LogP contribution in [0.3, 0.4) is 0 Å². The molecule has 5 atom stereocenters. The highest BCUT2D eigenvalue weighted by Crippen LogP contribution is 2.30. The summed E-state index contributed by atoms with van der Waals surface area (Å²) in [6.07, 6.45) is -5.15. The number of aliphatic hydroxyl groups excluding tert-OH is 1. The van der Waals surface area contributed by atoms with E-state index in [0.717, 1.165) is 16.7 Å². The summed E-state index contributed by atoms with van der Waals surface area (Å²) in [5.74, 6) is 0. The molecule has 33 heavy (non-hydrogen) atoms.